The molecule has 4 atom stereocenters. The highest BCUT2D eigenvalue weighted by Crippen LogP contribution is 2.42. The number of benzene rings is 4. The number of rotatable bonds is 14. The minimum absolute atomic E-state index is 0.0112. The Morgan fingerprint density at radius 2 is 1.05 bits per heavy atom. The lowest BCUT2D eigenvalue weighted by molar-refractivity contribution is -0.134. The number of thiazole rings is 2. The lowest BCUT2D eigenvalue weighted by Crippen LogP contribution is -2.42. The van der Waals surface area contributed by atoms with E-state index in [1.165, 1.54) is 22.7 Å². The SMILES string of the molecule is O=C(C[C@@H](C(=O)N1CCC[C@H]1c1ncc(-c2ccc(-c3ccc(-c4cnc([C@@H]5CCCN5C(=O)[C@H](NC(=O)c5cccs5)c5ccccc5)s4)cc3)cc2)s1)c1ccccc1)c1cccs1. The number of thiophene rings is 2. The highest BCUT2D eigenvalue weighted by molar-refractivity contribution is 7.15. The normalized spacial score (nSPS) is 16.8. The second kappa shape index (κ2) is 19.6. The molecule has 1 N–H and O–H groups in total. The van der Waals surface area contributed by atoms with E-state index in [0.717, 1.165) is 78.8 Å². The number of hydrogen-bond donors (Lipinski definition) is 1. The summed E-state index contributed by atoms with van der Waals surface area (Å²) in [5, 5.41) is 8.58. The second-order valence-corrected chi connectivity index (χ2v) is 20.5. The van der Waals surface area contributed by atoms with Gasteiger partial charge < -0.3 is 15.1 Å². The molecule has 2 aliphatic rings. The Bertz CT molecular complexity index is 2730. The Morgan fingerprint density at radius 3 is 1.56 bits per heavy atom. The van der Waals surface area contributed by atoms with Crippen LogP contribution in [0.15, 0.2) is 157 Å². The summed E-state index contributed by atoms with van der Waals surface area (Å²) in [7, 11) is 0. The van der Waals surface area contributed by atoms with Crippen LogP contribution in [-0.2, 0) is 9.59 Å². The molecule has 0 aliphatic carbocycles. The molecule has 2 aliphatic heterocycles. The van der Waals surface area contributed by atoms with Crippen molar-refractivity contribution in [2.75, 3.05) is 13.1 Å². The van der Waals surface area contributed by atoms with Crippen molar-refractivity contribution in [3.8, 4) is 32.0 Å². The van der Waals surface area contributed by atoms with Gasteiger partial charge in [0.05, 0.1) is 37.5 Å². The maximum Gasteiger partial charge on any atom is 0.262 e. The minimum Gasteiger partial charge on any atom is -0.336 e. The van der Waals surface area contributed by atoms with Crippen molar-refractivity contribution in [3.63, 3.8) is 0 Å². The zero-order chi connectivity index (χ0) is 45.0. The molecule has 10 rings (SSSR count). The van der Waals surface area contributed by atoms with E-state index < -0.39 is 12.0 Å². The van der Waals surface area contributed by atoms with Crippen LogP contribution in [0.1, 0.15) is 96.6 Å². The van der Waals surface area contributed by atoms with Gasteiger partial charge in [0.25, 0.3) is 5.91 Å². The van der Waals surface area contributed by atoms with Crippen LogP contribution in [0, 0.1) is 0 Å². The predicted molar refractivity (Wildman–Crippen MR) is 265 cm³/mol. The van der Waals surface area contributed by atoms with E-state index in [2.05, 4.69) is 53.8 Å². The first-order chi connectivity index (χ1) is 32.4. The van der Waals surface area contributed by atoms with Crippen molar-refractivity contribution in [1.29, 1.82) is 0 Å². The fourth-order valence-corrected chi connectivity index (χ4v) is 12.5. The van der Waals surface area contributed by atoms with Gasteiger partial charge in [-0.25, -0.2) is 9.97 Å². The van der Waals surface area contributed by atoms with Crippen molar-refractivity contribution < 1.29 is 19.2 Å². The molecule has 66 heavy (non-hydrogen) atoms. The van der Waals surface area contributed by atoms with E-state index in [1.54, 1.807) is 28.7 Å². The average Bonchev–Trinajstić information content (AvgIpc) is 4.22. The number of amides is 3. The van der Waals surface area contributed by atoms with Gasteiger partial charge in [-0.3, -0.25) is 19.2 Å². The number of likely N-dealkylation sites (tertiary alicyclic amines) is 2. The van der Waals surface area contributed by atoms with Gasteiger partial charge in [0.1, 0.15) is 16.1 Å². The molecule has 0 saturated carbocycles. The van der Waals surface area contributed by atoms with E-state index in [-0.39, 0.29) is 42.0 Å². The first-order valence-electron chi connectivity index (χ1n) is 22.1. The molecular formula is C53H45N5O4S4. The fourth-order valence-electron chi connectivity index (χ4n) is 9.04. The van der Waals surface area contributed by atoms with Crippen LogP contribution in [0.25, 0.3) is 32.0 Å². The molecule has 8 aromatic rings. The van der Waals surface area contributed by atoms with Gasteiger partial charge in [-0.1, -0.05) is 121 Å². The molecule has 3 amide bonds. The van der Waals surface area contributed by atoms with Crippen molar-refractivity contribution in [1.82, 2.24) is 25.1 Å². The third kappa shape index (κ3) is 9.21. The highest BCUT2D eigenvalue weighted by atomic mass is 32.1. The average molecular weight is 944 g/mol. The van der Waals surface area contributed by atoms with Crippen molar-refractivity contribution in [2.24, 2.45) is 0 Å². The quantitative estimate of drug-likeness (QED) is 0.109. The first kappa shape index (κ1) is 43.5. The molecule has 9 nitrogen and oxygen atoms in total. The first-order valence-corrected chi connectivity index (χ1v) is 25.5. The lowest BCUT2D eigenvalue weighted by Gasteiger charge is -2.28. The van der Waals surface area contributed by atoms with Gasteiger partial charge in [-0.15, -0.1) is 45.3 Å². The molecule has 0 spiro atoms. The third-order valence-electron chi connectivity index (χ3n) is 12.4. The molecule has 4 aromatic carbocycles. The van der Waals surface area contributed by atoms with Gasteiger partial charge in [-0.2, -0.15) is 0 Å². The molecule has 13 heteroatoms. The van der Waals surface area contributed by atoms with E-state index in [1.807, 2.05) is 112 Å². The van der Waals surface area contributed by atoms with E-state index in [4.69, 9.17) is 9.97 Å². The van der Waals surface area contributed by atoms with Crippen LogP contribution in [0.3, 0.4) is 0 Å². The molecule has 0 bridgehead atoms. The van der Waals surface area contributed by atoms with E-state index in [0.29, 0.717) is 22.8 Å². The summed E-state index contributed by atoms with van der Waals surface area (Å²) >= 11 is 6.00. The highest BCUT2D eigenvalue weighted by Gasteiger charge is 2.39. The molecule has 2 saturated heterocycles. The lowest BCUT2D eigenvalue weighted by atomic mass is 9.91. The van der Waals surface area contributed by atoms with Crippen LogP contribution < -0.4 is 5.32 Å². The molecular weight excluding hydrogens is 899 g/mol. The topological polar surface area (TPSA) is 113 Å². The molecule has 0 unspecified atom stereocenters. The summed E-state index contributed by atoms with van der Waals surface area (Å²) in [6, 6.07) is 42.3. The third-order valence-corrected chi connectivity index (χ3v) is 16.5. The number of nitrogens with zero attached hydrogens (tertiary/aromatic N) is 4. The van der Waals surface area contributed by atoms with Crippen LogP contribution in [-0.4, -0.2) is 56.4 Å². The van der Waals surface area contributed by atoms with Gasteiger partial charge in [0.15, 0.2) is 5.78 Å². The summed E-state index contributed by atoms with van der Waals surface area (Å²) in [6.07, 6.45) is 7.34. The molecule has 330 valence electrons. The number of carbonyl (C=O) groups excluding carboxylic acids is 4. The van der Waals surface area contributed by atoms with Gasteiger partial charge >= 0.3 is 0 Å². The molecule has 4 aromatic heterocycles. The number of Topliss-reactive ketones (excluding diaryl/α,β-unsaturated/α-hetero) is 1. The Morgan fingerprint density at radius 1 is 0.561 bits per heavy atom. The Hall–Kier alpha value is -6.38. The minimum atomic E-state index is -0.803. The number of ketones is 1. The van der Waals surface area contributed by atoms with E-state index in [9.17, 15) is 19.2 Å². The molecule has 2 fully saturated rings. The molecule has 0 radical (unpaired) electrons. The standard InChI is InChI=1S/C53H45N5O4S4/c59-43(44-17-9-29-63-44)31-40(36-11-3-1-4-12-36)52(61)57-27-7-15-41(57)50-54-32-46(65-50)37-23-19-34(20-24-37)35-21-25-38(26-22-35)47-33-55-51(66-47)42-16-8-28-58(42)53(62)48(39-13-5-2-6-14-39)56-49(60)45-18-10-30-64-45/h1-6,9-14,17-26,29-30,32-33,40-42,48H,7-8,15-16,27-28,31H2,(H,56,60)/t40-,41+,42+,48-/m1/s1. The fraction of sp³-hybridized carbons (Fsp3) is 0.208. The van der Waals surface area contributed by atoms with Crippen LogP contribution >= 0.6 is 45.3 Å². The van der Waals surface area contributed by atoms with Crippen LogP contribution in [0.2, 0.25) is 0 Å². The number of nitrogens with one attached hydrogen (secondary N) is 1. The maximum atomic E-state index is 14.3. The Balaban J connectivity index is 0.800. The van der Waals surface area contributed by atoms with Crippen molar-refractivity contribution >= 4 is 68.9 Å². The number of carbonyl (C=O) groups is 4. The second-order valence-electron chi connectivity index (χ2n) is 16.5. The summed E-state index contributed by atoms with van der Waals surface area (Å²) in [4.78, 5) is 71.9. The number of hydrogen-bond acceptors (Lipinski definition) is 10. The molecule has 6 heterocycles. The monoisotopic (exact) mass is 943 g/mol. The van der Waals surface area contributed by atoms with E-state index >= 15 is 0 Å². The van der Waals surface area contributed by atoms with Gasteiger partial charge in [0.2, 0.25) is 11.8 Å². The summed E-state index contributed by atoms with van der Waals surface area (Å²) < 4.78 is 0. The summed E-state index contributed by atoms with van der Waals surface area (Å²) in [5.74, 6) is -0.973. The van der Waals surface area contributed by atoms with Crippen LogP contribution in [0.5, 0.6) is 0 Å². The largest absolute Gasteiger partial charge is 0.336 e. The zero-order valence-electron chi connectivity index (χ0n) is 35.8. The van der Waals surface area contributed by atoms with Gasteiger partial charge in [-0.05, 0) is 82.0 Å². The predicted octanol–water partition coefficient (Wildman–Crippen LogP) is 12.3. The summed E-state index contributed by atoms with van der Waals surface area (Å²) in [6.45, 7) is 1.24. The maximum absolute atomic E-state index is 14.3. The summed E-state index contributed by atoms with van der Waals surface area (Å²) in [5.41, 5.74) is 5.92. The Kier molecular flexibility index (Phi) is 12.9. The van der Waals surface area contributed by atoms with Crippen LogP contribution in [0.4, 0.5) is 0 Å². The van der Waals surface area contributed by atoms with Gasteiger partial charge in [0, 0.05) is 31.9 Å². The number of aromatic nitrogens is 2. The van der Waals surface area contributed by atoms with Crippen molar-refractivity contribution in [3.05, 3.63) is 188 Å². The Labute approximate surface area is 399 Å². The van der Waals surface area contributed by atoms with Crippen molar-refractivity contribution in [2.45, 2.75) is 56.1 Å². The zero-order valence-corrected chi connectivity index (χ0v) is 39.1. The smallest absolute Gasteiger partial charge is 0.262 e.